The molecule has 1 saturated heterocycles. The van der Waals surface area contributed by atoms with E-state index in [4.69, 9.17) is 0 Å². The second-order valence-corrected chi connectivity index (χ2v) is 6.22. The summed E-state index contributed by atoms with van der Waals surface area (Å²) in [5.74, 6) is 0.836. The Bertz CT molecular complexity index is 429. The van der Waals surface area contributed by atoms with Crippen LogP contribution in [0.2, 0.25) is 0 Å². The normalized spacial score (nSPS) is 28.7. The van der Waals surface area contributed by atoms with E-state index in [0.717, 1.165) is 38.9 Å². The molecule has 4 nitrogen and oxygen atoms in total. The van der Waals surface area contributed by atoms with Crippen LogP contribution in [0.25, 0.3) is 0 Å². The van der Waals surface area contributed by atoms with Gasteiger partial charge in [0.1, 0.15) is 5.78 Å². The summed E-state index contributed by atoms with van der Waals surface area (Å²) in [4.78, 5) is 18.9. The van der Waals surface area contributed by atoms with Gasteiger partial charge in [-0.05, 0) is 32.2 Å². The Morgan fingerprint density at radius 3 is 2.85 bits per heavy atom. The molecular weight excluding hydrogens is 250 g/mol. The maximum atomic E-state index is 12.2. The predicted octanol–water partition coefficient (Wildman–Crippen LogP) is 2.50. The Labute approximate surface area is 121 Å². The van der Waals surface area contributed by atoms with Crippen LogP contribution in [-0.2, 0) is 11.3 Å². The number of likely N-dealkylation sites (tertiary alicyclic amines) is 1. The molecule has 0 radical (unpaired) electrons. The number of hydrogen-bond acceptors (Lipinski definition) is 3. The Morgan fingerprint density at radius 2 is 2.05 bits per heavy atom. The summed E-state index contributed by atoms with van der Waals surface area (Å²) in [6.45, 7) is 3.19. The first-order chi connectivity index (χ1) is 9.84. The number of piperidine rings is 1. The molecule has 1 aliphatic heterocycles. The van der Waals surface area contributed by atoms with E-state index >= 15 is 0 Å². The fourth-order valence-corrected chi connectivity index (χ4v) is 3.83. The van der Waals surface area contributed by atoms with E-state index < -0.39 is 0 Å². The highest BCUT2D eigenvalue weighted by Crippen LogP contribution is 2.31. The lowest BCUT2D eigenvalue weighted by molar-refractivity contribution is -0.127. The summed E-state index contributed by atoms with van der Waals surface area (Å²) in [6, 6.07) is 0.500. The summed E-state index contributed by atoms with van der Waals surface area (Å²) in [6.07, 6.45) is 13.8. The Balaban J connectivity index is 1.62. The molecule has 0 spiro atoms. The van der Waals surface area contributed by atoms with E-state index in [1.807, 2.05) is 18.7 Å². The maximum absolute atomic E-state index is 12.2. The predicted molar refractivity (Wildman–Crippen MR) is 78.4 cm³/mol. The number of ketones is 1. The molecule has 1 aromatic heterocycles. The van der Waals surface area contributed by atoms with Gasteiger partial charge in [-0.25, -0.2) is 4.98 Å². The first kappa shape index (κ1) is 13.8. The summed E-state index contributed by atoms with van der Waals surface area (Å²) in [7, 11) is 0. The molecule has 0 amide bonds. The van der Waals surface area contributed by atoms with Crippen LogP contribution >= 0.6 is 0 Å². The van der Waals surface area contributed by atoms with Gasteiger partial charge >= 0.3 is 0 Å². The molecular formula is C16H25N3O. The lowest BCUT2D eigenvalue weighted by Crippen LogP contribution is -2.48. The van der Waals surface area contributed by atoms with Crippen molar-refractivity contribution in [3.63, 3.8) is 0 Å². The number of rotatable bonds is 4. The van der Waals surface area contributed by atoms with Crippen LogP contribution in [0.4, 0.5) is 0 Å². The fourth-order valence-electron chi connectivity index (χ4n) is 3.83. The molecule has 1 saturated carbocycles. The number of Topliss-reactive ketones (excluding diaryl/α,β-unsaturated/α-hetero) is 1. The van der Waals surface area contributed by atoms with Crippen LogP contribution in [0, 0.1) is 5.92 Å². The van der Waals surface area contributed by atoms with Gasteiger partial charge in [0, 0.05) is 43.9 Å². The van der Waals surface area contributed by atoms with Crippen LogP contribution in [0.5, 0.6) is 0 Å². The van der Waals surface area contributed by atoms with Crippen molar-refractivity contribution >= 4 is 5.78 Å². The van der Waals surface area contributed by atoms with E-state index in [9.17, 15) is 4.79 Å². The van der Waals surface area contributed by atoms with Gasteiger partial charge in [0.05, 0.1) is 6.33 Å². The Hall–Kier alpha value is -1.16. The minimum Gasteiger partial charge on any atom is -0.336 e. The van der Waals surface area contributed by atoms with E-state index in [1.54, 1.807) is 0 Å². The van der Waals surface area contributed by atoms with Gasteiger partial charge < -0.3 is 4.57 Å². The van der Waals surface area contributed by atoms with E-state index in [2.05, 4.69) is 14.5 Å². The first-order valence-corrected chi connectivity index (χ1v) is 8.07. The zero-order valence-electron chi connectivity index (χ0n) is 12.2. The molecule has 3 rings (SSSR count). The average Bonchev–Trinajstić information content (AvgIpc) is 2.99. The van der Waals surface area contributed by atoms with Crippen molar-refractivity contribution in [2.24, 2.45) is 5.92 Å². The van der Waals surface area contributed by atoms with Crippen molar-refractivity contribution in [2.45, 2.75) is 57.5 Å². The molecule has 2 aliphatic rings. The molecule has 0 bridgehead atoms. The van der Waals surface area contributed by atoms with Crippen LogP contribution in [0.1, 0.15) is 44.9 Å². The summed E-state index contributed by atoms with van der Waals surface area (Å²) >= 11 is 0. The second-order valence-electron chi connectivity index (χ2n) is 6.22. The zero-order chi connectivity index (χ0) is 13.8. The van der Waals surface area contributed by atoms with E-state index in [0.29, 0.717) is 17.7 Å². The van der Waals surface area contributed by atoms with Crippen molar-refractivity contribution in [3.8, 4) is 0 Å². The SMILES string of the molecule is O=C1CCCCC1C1CCCCN1CCn1ccnc1. The van der Waals surface area contributed by atoms with E-state index in [1.165, 1.54) is 25.7 Å². The monoisotopic (exact) mass is 275 g/mol. The maximum Gasteiger partial charge on any atom is 0.137 e. The molecule has 2 fully saturated rings. The highest BCUT2D eigenvalue weighted by Gasteiger charge is 2.34. The molecule has 1 aromatic rings. The number of carbonyl (C=O) groups excluding carboxylic acids is 1. The van der Waals surface area contributed by atoms with Crippen LogP contribution in [-0.4, -0.2) is 39.4 Å². The van der Waals surface area contributed by atoms with Crippen LogP contribution < -0.4 is 0 Å². The van der Waals surface area contributed by atoms with Crippen molar-refractivity contribution in [2.75, 3.05) is 13.1 Å². The quantitative estimate of drug-likeness (QED) is 0.847. The van der Waals surface area contributed by atoms with Gasteiger partial charge in [-0.15, -0.1) is 0 Å². The zero-order valence-corrected chi connectivity index (χ0v) is 12.2. The Morgan fingerprint density at radius 1 is 1.15 bits per heavy atom. The van der Waals surface area contributed by atoms with Crippen LogP contribution in [0.15, 0.2) is 18.7 Å². The fraction of sp³-hybridized carbons (Fsp3) is 0.750. The van der Waals surface area contributed by atoms with Crippen molar-refractivity contribution in [1.82, 2.24) is 14.5 Å². The third kappa shape index (κ3) is 3.11. The molecule has 2 heterocycles. The number of aromatic nitrogens is 2. The largest absolute Gasteiger partial charge is 0.336 e. The van der Waals surface area contributed by atoms with Gasteiger partial charge in [0.2, 0.25) is 0 Å². The molecule has 2 unspecified atom stereocenters. The highest BCUT2D eigenvalue weighted by atomic mass is 16.1. The topological polar surface area (TPSA) is 38.1 Å². The van der Waals surface area contributed by atoms with Crippen molar-refractivity contribution in [1.29, 1.82) is 0 Å². The van der Waals surface area contributed by atoms with Gasteiger partial charge in [-0.1, -0.05) is 12.8 Å². The second kappa shape index (κ2) is 6.53. The van der Waals surface area contributed by atoms with Gasteiger partial charge in [-0.2, -0.15) is 0 Å². The summed E-state index contributed by atoms with van der Waals surface area (Å²) < 4.78 is 2.13. The first-order valence-electron chi connectivity index (χ1n) is 8.07. The molecule has 110 valence electrons. The highest BCUT2D eigenvalue weighted by molar-refractivity contribution is 5.82. The van der Waals surface area contributed by atoms with Crippen molar-refractivity contribution < 1.29 is 4.79 Å². The third-order valence-corrected chi connectivity index (χ3v) is 4.94. The number of carbonyl (C=O) groups is 1. The Kier molecular flexibility index (Phi) is 4.51. The molecule has 4 heteroatoms. The molecule has 0 aromatic carbocycles. The van der Waals surface area contributed by atoms with Gasteiger partial charge in [0.25, 0.3) is 0 Å². The lowest BCUT2D eigenvalue weighted by Gasteiger charge is -2.41. The van der Waals surface area contributed by atoms with E-state index in [-0.39, 0.29) is 0 Å². The van der Waals surface area contributed by atoms with Gasteiger partial charge in [-0.3, -0.25) is 9.69 Å². The van der Waals surface area contributed by atoms with Crippen molar-refractivity contribution in [3.05, 3.63) is 18.7 Å². The average molecular weight is 275 g/mol. The molecule has 1 aliphatic carbocycles. The summed E-state index contributed by atoms with van der Waals surface area (Å²) in [5, 5.41) is 0. The van der Waals surface area contributed by atoms with Crippen LogP contribution in [0.3, 0.4) is 0 Å². The molecule has 0 N–H and O–H groups in total. The number of nitrogens with zero attached hydrogens (tertiary/aromatic N) is 3. The number of imidazole rings is 1. The molecule has 20 heavy (non-hydrogen) atoms. The summed E-state index contributed by atoms with van der Waals surface area (Å²) in [5.41, 5.74) is 0. The standard InChI is InChI=1S/C16H25N3O/c20-16-7-2-1-5-14(16)15-6-3-4-9-19(15)12-11-18-10-8-17-13-18/h8,10,13-15H,1-7,9,11-12H2. The van der Waals surface area contributed by atoms with Gasteiger partial charge in [0.15, 0.2) is 0 Å². The molecule has 2 atom stereocenters. The number of hydrogen-bond donors (Lipinski definition) is 0. The smallest absolute Gasteiger partial charge is 0.137 e. The minimum atomic E-state index is 0.312. The minimum absolute atomic E-state index is 0.312. The third-order valence-electron chi connectivity index (χ3n) is 4.94. The lowest BCUT2D eigenvalue weighted by atomic mass is 9.79.